The Morgan fingerprint density at radius 1 is 1.37 bits per heavy atom. The highest BCUT2D eigenvalue weighted by Gasteiger charge is 2.10. The van der Waals surface area contributed by atoms with Gasteiger partial charge in [-0.3, -0.25) is 14.5 Å². The minimum absolute atomic E-state index is 0.174. The van der Waals surface area contributed by atoms with Crippen LogP contribution in [-0.4, -0.2) is 25.7 Å². The number of nitrogens with zero attached hydrogens (tertiary/aromatic N) is 4. The van der Waals surface area contributed by atoms with Gasteiger partial charge in [0.1, 0.15) is 5.69 Å². The fraction of sp³-hybridized carbons (Fsp3) is 0.273. The molecule has 0 aliphatic rings. The summed E-state index contributed by atoms with van der Waals surface area (Å²) >= 11 is 0. The highest BCUT2D eigenvalue weighted by molar-refractivity contribution is 6.02. The van der Waals surface area contributed by atoms with Gasteiger partial charge in [-0.1, -0.05) is 0 Å². The van der Waals surface area contributed by atoms with Gasteiger partial charge in [-0.05, 0) is 13.8 Å². The van der Waals surface area contributed by atoms with Gasteiger partial charge in [-0.15, -0.1) is 0 Å². The molecule has 8 nitrogen and oxygen atoms in total. The SMILES string of the molecule is CC(C)n1cc(NC(=O)c2cncc(NN)n2)cn1. The van der Waals surface area contributed by atoms with E-state index in [1.54, 1.807) is 17.1 Å². The van der Waals surface area contributed by atoms with Crippen molar-refractivity contribution < 1.29 is 4.79 Å². The van der Waals surface area contributed by atoms with Crippen LogP contribution in [0.3, 0.4) is 0 Å². The van der Waals surface area contributed by atoms with Gasteiger partial charge in [0.2, 0.25) is 0 Å². The Kier molecular flexibility index (Phi) is 3.71. The van der Waals surface area contributed by atoms with Crippen molar-refractivity contribution >= 4 is 17.4 Å². The van der Waals surface area contributed by atoms with Crippen molar-refractivity contribution in [2.24, 2.45) is 5.84 Å². The first-order valence-electron chi connectivity index (χ1n) is 5.74. The second-order valence-electron chi connectivity index (χ2n) is 4.19. The van der Waals surface area contributed by atoms with E-state index in [-0.39, 0.29) is 17.6 Å². The molecule has 2 heterocycles. The number of amides is 1. The lowest BCUT2D eigenvalue weighted by Gasteiger charge is -2.04. The van der Waals surface area contributed by atoms with Crippen LogP contribution in [0.4, 0.5) is 11.5 Å². The van der Waals surface area contributed by atoms with Crippen molar-refractivity contribution in [1.29, 1.82) is 0 Å². The maximum Gasteiger partial charge on any atom is 0.276 e. The summed E-state index contributed by atoms with van der Waals surface area (Å²) in [6, 6.07) is 0.232. The zero-order chi connectivity index (χ0) is 13.8. The fourth-order valence-electron chi connectivity index (χ4n) is 1.43. The molecule has 1 amide bonds. The van der Waals surface area contributed by atoms with Crippen molar-refractivity contribution in [3.8, 4) is 0 Å². The van der Waals surface area contributed by atoms with Crippen LogP contribution in [0.15, 0.2) is 24.8 Å². The number of carbonyl (C=O) groups excluding carboxylic acids is 1. The summed E-state index contributed by atoms with van der Waals surface area (Å²) in [4.78, 5) is 19.8. The van der Waals surface area contributed by atoms with Crippen LogP contribution in [0.25, 0.3) is 0 Å². The Labute approximate surface area is 110 Å². The lowest BCUT2D eigenvalue weighted by molar-refractivity contribution is 0.102. The van der Waals surface area contributed by atoms with Crippen LogP contribution in [0.5, 0.6) is 0 Å². The quantitative estimate of drug-likeness (QED) is 0.554. The zero-order valence-corrected chi connectivity index (χ0v) is 10.7. The Bertz CT molecular complexity index is 578. The Morgan fingerprint density at radius 2 is 2.16 bits per heavy atom. The summed E-state index contributed by atoms with van der Waals surface area (Å²) < 4.78 is 1.75. The normalized spacial score (nSPS) is 10.5. The Morgan fingerprint density at radius 3 is 2.79 bits per heavy atom. The van der Waals surface area contributed by atoms with Crippen LogP contribution in [0, 0.1) is 0 Å². The molecular weight excluding hydrogens is 246 g/mol. The van der Waals surface area contributed by atoms with E-state index in [4.69, 9.17) is 5.84 Å². The Hall–Kier alpha value is -2.48. The monoisotopic (exact) mass is 261 g/mol. The second kappa shape index (κ2) is 5.44. The molecule has 8 heteroatoms. The molecule has 0 bridgehead atoms. The molecule has 0 aromatic carbocycles. The molecule has 0 aliphatic heterocycles. The topological polar surface area (TPSA) is 111 Å². The zero-order valence-electron chi connectivity index (χ0n) is 10.7. The number of hydrazine groups is 1. The number of hydrogen-bond donors (Lipinski definition) is 3. The van der Waals surface area contributed by atoms with Crippen molar-refractivity contribution in [1.82, 2.24) is 19.7 Å². The van der Waals surface area contributed by atoms with Gasteiger partial charge < -0.3 is 10.7 Å². The van der Waals surface area contributed by atoms with Gasteiger partial charge in [0.25, 0.3) is 5.91 Å². The molecule has 2 rings (SSSR count). The smallest absolute Gasteiger partial charge is 0.276 e. The maximum atomic E-state index is 11.9. The highest BCUT2D eigenvalue weighted by atomic mass is 16.1. The van der Waals surface area contributed by atoms with Gasteiger partial charge >= 0.3 is 0 Å². The van der Waals surface area contributed by atoms with Crippen molar-refractivity contribution in [2.45, 2.75) is 19.9 Å². The van der Waals surface area contributed by atoms with E-state index in [0.717, 1.165) is 0 Å². The number of nitrogens with one attached hydrogen (secondary N) is 2. The van der Waals surface area contributed by atoms with Gasteiger partial charge in [-0.2, -0.15) is 5.10 Å². The summed E-state index contributed by atoms with van der Waals surface area (Å²) in [5.74, 6) is 5.17. The largest absolute Gasteiger partial charge is 0.318 e. The molecule has 4 N–H and O–H groups in total. The van der Waals surface area contributed by atoms with Gasteiger partial charge in [-0.25, -0.2) is 10.8 Å². The first-order valence-corrected chi connectivity index (χ1v) is 5.74. The molecule has 0 aliphatic carbocycles. The average Bonchev–Trinajstić information content (AvgIpc) is 2.87. The first kappa shape index (κ1) is 13.0. The third-order valence-corrected chi connectivity index (χ3v) is 2.40. The number of carbonyl (C=O) groups is 1. The van der Waals surface area contributed by atoms with Crippen LogP contribution in [0.2, 0.25) is 0 Å². The first-order chi connectivity index (χ1) is 9.10. The molecule has 0 unspecified atom stereocenters. The molecule has 100 valence electrons. The number of hydrogen-bond acceptors (Lipinski definition) is 6. The highest BCUT2D eigenvalue weighted by Crippen LogP contribution is 2.11. The summed E-state index contributed by atoms with van der Waals surface area (Å²) in [5.41, 5.74) is 3.11. The molecular formula is C11H15N7O. The number of nitrogens with two attached hydrogens (primary N) is 1. The summed E-state index contributed by atoms with van der Waals surface area (Å²) in [6.07, 6.45) is 6.12. The third kappa shape index (κ3) is 3.05. The van der Waals surface area contributed by atoms with E-state index in [2.05, 4.69) is 25.8 Å². The predicted molar refractivity (Wildman–Crippen MR) is 70.4 cm³/mol. The lowest BCUT2D eigenvalue weighted by Crippen LogP contribution is -2.16. The molecule has 19 heavy (non-hydrogen) atoms. The van der Waals surface area contributed by atoms with Crippen LogP contribution < -0.4 is 16.6 Å². The molecule has 0 spiro atoms. The van der Waals surface area contributed by atoms with Crippen molar-refractivity contribution in [2.75, 3.05) is 10.7 Å². The summed E-state index contributed by atoms with van der Waals surface area (Å²) in [5, 5.41) is 6.82. The van der Waals surface area contributed by atoms with E-state index in [9.17, 15) is 4.79 Å². The third-order valence-electron chi connectivity index (χ3n) is 2.40. The van der Waals surface area contributed by atoms with Crippen molar-refractivity contribution in [3.63, 3.8) is 0 Å². The maximum absolute atomic E-state index is 11.9. The number of aromatic nitrogens is 4. The number of rotatable bonds is 4. The minimum atomic E-state index is -0.368. The average molecular weight is 261 g/mol. The predicted octanol–water partition coefficient (Wildman–Crippen LogP) is 0.792. The van der Waals surface area contributed by atoms with Gasteiger partial charge in [0, 0.05) is 12.2 Å². The molecule has 0 fully saturated rings. The number of nitrogen functional groups attached to an aromatic ring is 1. The van der Waals surface area contributed by atoms with Gasteiger partial charge in [0.05, 0.1) is 24.3 Å². The van der Waals surface area contributed by atoms with Crippen LogP contribution in [0.1, 0.15) is 30.4 Å². The van der Waals surface area contributed by atoms with E-state index in [1.807, 2.05) is 13.8 Å². The van der Waals surface area contributed by atoms with Crippen LogP contribution >= 0.6 is 0 Å². The summed E-state index contributed by atoms with van der Waals surface area (Å²) in [7, 11) is 0. The van der Waals surface area contributed by atoms with Crippen LogP contribution in [-0.2, 0) is 0 Å². The Balaban J connectivity index is 2.11. The van der Waals surface area contributed by atoms with E-state index < -0.39 is 0 Å². The van der Waals surface area contributed by atoms with E-state index in [1.165, 1.54) is 12.4 Å². The molecule has 0 saturated carbocycles. The molecule has 2 aromatic heterocycles. The van der Waals surface area contributed by atoms with E-state index in [0.29, 0.717) is 11.5 Å². The minimum Gasteiger partial charge on any atom is -0.318 e. The molecule has 0 saturated heterocycles. The standard InChI is InChI=1S/C11H15N7O/c1-7(2)18-6-8(3-14-18)15-11(19)9-4-13-5-10(16-9)17-12/h3-7H,12H2,1-2H3,(H,15,19)(H,16,17). The molecule has 2 aromatic rings. The lowest BCUT2D eigenvalue weighted by atomic mass is 10.4. The summed E-state index contributed by atoms with van der Waals surface area (Å²) in [6.45, 7) is 4.00. The van der Waals surface area contributed by atoms with Crippen molar-refractivity contribution in [3.05, 3.63) is 30.5 Å². The molecule has 0 radical (unpaired) electrons. The van der Waals surface area contributed by atoms with E-state index >= 15 is 0 Å². The van der Waals surface area contributed by atoms with Gasteiger partial charge in [0.15, 0.2) is 5.82 Å². The fourth-order valence-corrected chi connectivity index (χ4v) is 1.43. The second-order valence-corrected chi connectivity index (χ2v) is 4.19. The number of anilines is 2. The molecule has 0 atom stereocenters.